The Morgan fingerprint density at radius 3 is 0.955 bits per heavy atom. The van der Waals surface area contributed by atoms with Gasteiger partial charge in [0.1, 0.15) is 0 Å². The summed E-state index contributed by atoms with van der Waals surface area (Å²) in [5.41, 5.74) is -2.74. The van der Waals surface area contributed by atoms with Crippen molar-refractivity contribution in [2.45, 2.75) is 44.3 Å². The molecule has 20 nitrogen and oxygen atoms in total. The van der Waals surface area contributed by atoms with E-state index in [-0.39, 0.29) is 177 Å². The molecule has 0 amide bonds. The van der Waals surface area contributed by atoms with Crippen LogP contribution in [0, 0.1) is 0 Å². The van der Waals surface area contributed by atoms with Crippen LogP contribution in [0.3, 0.4) is 0 Å². The summed E-state index contributed by atoms with van der Waals surface area (Å²) in [6.45, 7) is 0.634. The summed E-state index contributed by atoms with van der Waals surface area (Å²) in [4.78, 5) is 85.9. The molecule has 0 saturated heterocycles. The van der Waals surface area contributed by atoms with Crippen LogP contribution in [0.4, 0.5) is 0 Å². The molecule has 0 saturated carbocycles. The van der Waals surface area contributed by atoms with Crippen molar-refractivity contribution in [3.05, 3.63) is 12.2 Å². The van der Waals surface area contributed by atoms with Gasteiger partial charge in [-0.05, 0) is 31.9 Å². The molecular weight excluding hydrogens is 674 g/mol. The molecule has 0 aliphatic carbocycles. The first-order valence-electron chi connectivity index (χ1n) is 8.93. The van der Waals surface area contributed by atoms with Gasteiger partial charge in [-0.15, -0.1) is 0 Å². The van der Waals surface area contributed by atoms with Gasteiger partial charge in [0.25, 0.3) is 0 Å². The molecule has 0 aliphatic rings. The van der Waals surface area contributed by atoms with Crippen LogP contribution in [0.5, 0.6) is 0 Å². The Morgan fingerprint density at radius 1 is 0.659 bits per heavy atom. The van der Waals surface area contributed by atoms with E-state index in [9.17, 15) is 63.9 Å². The first-order valence-corrected chi connectivity index (χ1v) is 8.93. The fourth-order valence-electron chi connectivity index (χ4n) is 1.05. The molecule has 0 aliphatic heterocycles. The summed E-state index contributed by atoms with van der Waals surface area (Å²) < 4.78 is 0. The number of aliphatic carboxylic acids is 8. The third-order valence-corrected chi connectivity index (χ3v) is 2.52. The average Bonchev–Trinajstić information content (AvgIpc) is 2.71. The van der Waals surface area contributed by atoms with Gasteiger partial charge in [0, 0.05) is 18.4 Å². The van der Waals surface area contributed by atoms with Crippen LogP contribution >= 0.6 is 0 Å². The van der Waals surface area contributed by atoms with Crippen LogP contribution < -0.4 is 208 Å². The number of carbonyl (C=O) groups excluding carboxylic acids is 6. The Labute approximate surface area is 381 Å². The maximum absolute atomic E-state index is 10.3. The van der Waals surface area contributed by atoms with E-state index in [1.807, 2.05) is 0 Å². The number of aliphatic hydroxyl groups excluding tert-OH is 1. The maximum Gasteiger partial charge on any atom is 1.00 e. The summed E-state index contributed by atoms with van der Waals surface area (Å²) in [5, 5.41) is 97.2. The van der Waals surface area contributed by atoms with Crippen molar-refractivity contribution in [1.82, 2.24) is 0 Å². The molecule has 0 aromatic rings. The Morgan fingerprint density at radius 2 is 0.864 bits per heavy atom. The summed E-state index contributed by atoms with van der Waals surface area (Å²) >= 11 is 0. The van der Waals surface area contributed by atoms with Crippen molar-refractivity contribution in [2.24, 2.45) is 0 Å². The predicted octanol–water partition coefficient (Wildman–Crippen LogP) is -28.4. The topological polar surface area (TPSA) is 393 Å². The number of hydrogen-bond acceptors (Lipinski definition) is 17. The molecule has 218 valence electrons. The van der Waals surface area contributed by atoms with Gasteiger partial charge >= 0.3 is 195 Å². The molecular formula is C18H20Na6O20. The third-order valence-electron chi connectivity index (χ3n) is 2.52. The molecule has 0 rings (SSSR count). The zero-order valence-electron chi connectivity index (χ0n) is 25.0. The van der Waals surface area contributed by atoms with E-state index in [1.54, 1.807) is 0 Å². The second kappa shape index (κ2) is 48.3. The third kappa shape index (κ3) is 78.9. The summed E-state index contributed by atoms with van der Waals surface area (Å²) in [7, 11) is 0. The average molecular weight is 694 g/mol. The Kier molecular flexibility index (Phi) is 82.6. The Balaban J connectivity index is -0.0000000351. The smallest absolute Gasteiger partial charge is 0.554 e. The van der Waals surface area contributed by atoms with Crippen LogP contribution in [0.25, 0.3) is 0 Å². The van der Waals surface area contributed by atoms with Crippen molar-refractivity contribution in [3.8, 4) is 0 Å². The summed E-state index contributed by atoms with van der Waals surface area (Å²) in [6, 6.07) is 0. The minimum atomic E-state index is -2.74. The van der Waals surface area contributed by atoms with Gasteiger partial charge in [-0.1, -0.05) is 0 Å². The Bertz CT molecular complexity index is 818. The fourth-order valence-corrected chi connectivity index (χ4v) is 1.05. The van der Waals surface area contributed by atoms with E-state index in [0.29, 0.717) is 12.2 Å². The van der Waals surface area contributed by atoms with Crippen molar-refractivity contribution >= 4 is 54.2 Å². The standard InChI is InChI=1S/C6H8O7.C4H6O4.C4H4O4.C3H6O3.CH2O2.6Na/c7-3(8)1-6(13,5(11)12)2-4(9)10;2*5-3(6)1-2-4(7)8;1-2(4)3(5)6;2-1-3;;;;;;/h13H,1-2H2,(H,7,8)(H,9,10)(H,11,12);1-2H2,(H,5,6)(H,7,8);1-2H,(H,5,6)(H,7,8);2,4H,1H3,(H,5,6);1H,(H,2,3);;;;;;/q;;;;;6*+1/p-6/b;;2-1-;;;;;;;;. The molecule has 1 atom stereocenters. The number of carboxylic acid groups (broad SMARTS) is 9. The molecule has 0 aromatic carbocycles. The maximum atomic E-state index is 10.3. The molecule has 44 heavy (non-hydrogen) atoms. The Hall–Kier alpha value is 0.890. The number of rotatable bonds is 11. The summed E-state index contributed by atoms with van der Waals surface area (Å²) in [5.74, 6) is -12.3. The van der Waals surface area contributed by atoms with Crippen LogP contribution in [0.1, 0.15) is 32.6 Å². The van der Waals surface area contributed by atoms with Crippen LogP contribution in [0.2, 0.25) is 0 Å². The number of hydrogen-bond donors (Lipinski definition) is 5. The zero-order chi connectivity index (χ0) is 31.6. The van der Waals surface area contributed by atoms with E-state index in [2.05, 4.69) is 0 Å². The predicted molar refractivity (Wildman–Crippen MR) is 98.2 cm³/mol. The van der Waals surface area contributed by atoms with E-state index < -0.39 is 91.6 Å². The molecule has 0 bridgehead atoms. The van der Waals surface area contributed by atoms with Gasteiger partial charge in [0.05, 0.1) is 36.9 Å². The van der Waals surface area contributed by atoms with Gasteiger partial charge in [-0.3, -0.25) is 9.59 Å². The van der Waals surface area contributed by atoms with Gasteiger partial charge < -0.3 is 84.9 Å². The second-order valence-electron chi connectivity index (χ2n) is 5.78. The molecule has 0 radical (unpaired) electrons. The molecule has 0 aromatic heterocycles. The van der Waals surface area contributed by atoms with Crippen LogP contribution in [-0.4, -0.2) is 91.5 Å². The van der Waals surface area contributed by atoms with E-state index in [4.69, 9.17) is 35.4 Å². The number of carboxylic acids is 8. The van der Waals surface area contributed by atoms with E-state index >= 15 is 0 Å². The normalized spacial score (nSPS) is 8.61. The van der Waals surface area contributed by atoms with E-state index in [0.717, 1.165) is 6.92 Å². The molecule has 0 heterocycles. The largest absolute Gasteiger partial charge is 1.00 e. The SMILES string of the molecule is CC(O)C(=O)[O-].O=C(O)CC(O)(CC(=O)O)C(=O)O.O=C([O-])/C=C\C(=O)[O-].O=C([O-])CCC(=O)[O-].O=C[O-].[Na+].[Na+].[Na+].[Na+].[Na+].[Na+]. The quantitative estimate of drug-likeness (QED) is 0.0761. The van der Waals surface area contributed by atoms with Gasteiger partial charge in [0.15, 0.2) is 5.60 Å². The second-order valence-corrected chi connectivity index (χ2v) is 5.78. The molecule has 0 fully saturated rings. The minimum Gasteiger partial charge on any atom is -0.554 e. The van der Waals surface area contributed by atoms with Gasteiger partial charge in [0.2, 0.25) is 0 Å². The van der Waals surface area contributed by atoms with Crippen LogP contribution in [0.15, 0.2) is 12.2 Å². The molecule has 1 unspecified atom stereocenters. The monoisotopic (exact) mass is 694 g/mol. The van der Waals surface area contributed by atoms with Crippen molar-refractivity contribution in [3.63, 3.8) is 0 Å². The number of aliphatic hydroxyl groups is 2. The zero-order valence-corrected chi connectivity index (χ0v) is 37.0. The first kappa shape index (κ1) is 75.3. The van der Waals surface area contributed by atoms with Gasteiger partial charge in [-0.2, -0.15) is 0 Å². The van der Waals surface area contributed by atoms with E-state index in [1.165, 1.54) is 0 Å². The van der Waals surface area contributed by atoms with Crippen molar-refractivity contribution < 1.29 is 277 Å². The number of carbonyl (C=O) groups is 9. The summed E-state index contributed by atoms with van der Waals surface area (Å²) in [6.07, 6.45) is -3.80. The molecule has 5 N–H and O–H groups in total. The van der Waals surface area contributed by atoms with Crippen molar-refractivity contribution in [1.29, 1.82) is 0 Å². The minimum absolute atomic E-state index is 0. The fraction of sp³-hybridized carbons (Fsp3) is 0.389. The molecule has 26 heteroatoms. The van der Waals surface area contributed by atoms with Crippen molar-refractivity contribution in [2.75, 3.05) is 0 Å². The van der Waals surface area contributed by atoms with Crippen LogP contribution in [-0.2, 0) is 43.2 Å². The molecule has 0 spiro atoms. The van der Waals surface area contributed by atoms with Gasteiger partial charge in [-0.25, -0.2) is 4.79 Å². The first-order chi connectivity index (χ1) is 17.1.